The fourth-order valence-corrected chi connectivity index (χ4v) is 6.31. The number of hydrogen-bond acceptors (Lipinski definition) is 5. The van der Waals surface area contributed by atoms with Gasteiger partial charge in [-0.2, -0.15) is 0 Å². The van der Waals surface area contributed by atoms with Crippen LogP contribution in [0.25, 0.3) is 0 Å². The highest BCUT2D eigenvalue weighted by Crippen LogP contribution is 2.36. The number of anilines is 1. The van der Waals surface area contributed by atoms with Crippen LogP contribution in [0, 0.1) is 12.8 Å². The third-order valence-electron chi connectivity index (χ3n) is 8.51. The fraction of sp³-hybridized carbons (Fsp3) is 0.515. The normalized spacial score (nSPS) is 20.3. The highest BCUT2D eigenvalue weighted by molar-refractivity contribution is 6.15. The predicted octanol–water partition coefficient (Wildman–Crippen LogP) is 5.76. The lowest BCUT2D eigenvalue weighted by molar-refractivity contribution is -0.132. The van der Waals surface area contributed by atoms with Crippen LogP contribution < -0.4 is 10.2 Å². The Morgan fingerprint density at radius 2 is 1.59 bits per heavy atom. The quantitative estimate of drug-likeness (QED) is 0.488. The number of aryl methyl sites for hydroxylation is 1. The summed E-state index contributed by atoms with van der Waals surface area (Å²) in [7, 11) is 0. The fourth-order valence-electron chi connectivity index (χ4n) is 6.31. The molecular formula is C33H42N4O4. The van der Waals surface area contributed by atoms with Crippen LogP contribution in [0.3, 0.4) is 0 Å². The van der Waals surface area contributed by atoms with Crippen molar-refractivity contribution in [2.24, 2.45) is 10.9 Å². The number of rotatable bonds is 6. The van der Waals surface area contributed by atoms with Crippen LogP contribution in [-0.4, -0.2) is 54.3 Å². The molecule has 3 amide bonds. The lowest BCUT2D eigenvalue weighted by Crippen LogP contribution is -2.51. The van der Waals surface area contributed by atoms with Gasteiger partial charge in [0.1, 0.15) is 13.2 Å². The Labute approximate surface area is 243 Å². The van der Waals surface area contributed by atoms with Crippen molar-refractivity contribution in [1.29, 1.82) is 0 Å². The lowest BCUT2D eigenvalue weighted by Gasteiger charge is -2.31. The summed E-state index contributed by atoms with van der Waals surface area (Å²) in [5.74, 6) is -0.295. The summed E-state index contributed by atoms with van der Waals surface area (Å²) in [4.78, 5) is 49.2. The minimum Gasteiger partial charge on any atom is -0.445 e. The molecule has 41 heavy (non-hydrogen) atoms. The molecule has 2 aromatic rings. The van der Waals surface area contributed by atoms with E-state index in [1.807, 2.05) is 60.4 Å². The van der Waals surface area contributed by atoms with E-state index in [9.17, 15) is 14.4 Å². The van der Waals surface area contributed by atoms with Gasteiger partial charge < -0.3 is 9.64 Å². The Balaban J connectivity index is 1.45. The second-order valence-electron chi connectivity index (χ2n) is 11.5. The molecule has 1 saturated heterocycles. The monoisotopic (exact) mass is 558 g/mol. The smallest absolute Gasteiger partial charge is 0.409 e. The number of aliphatic imine (C=N–C) groups is 1. The van der Waals surface area contributed by atoms with Crippen LogP contribution in [0.5, 0.6) is 0 Å². The molecule has 2 aromatic carbocycles. The van der Waals surface area contributed by atoms with Gasteiger partial charge in [-0.1, -0.05) is 87.1 Å². The molecule has 0 unspecified atom stereocenters. The van der Waals surface area contributed by atoms with Crippen LogP contribution >= 0.6 is 0 Å². The summed E-state index contributed by atoms with van der Waals surface area (Å²) in [5.41, 5.74) is 4.21. The number of likely N-dealkylation sites (tertiary alicyclic amines) is 1. The van der Waals surface area contributed by atoms with Crippen molar-refractivity contribution in [3.05, 3.63) is 65.2 Å². The van der Waals surface area contributed by atoms with Crippen molar-refractivity contribution in [2.75, 3.05) is 24.5 Å². The summed E-state index contributed by atoms with van der Waals surface area (Å²) < 4.78 is 5.47. The van der Waals surface area contributed by atoms with Gasteiger partial charge in [0.2, 0.25) is 12.1 Å². The number of ether oxygens (including phenoxy) is 1. The van der Waals surface area contributed by atoms with E-state index < -0.39 is 18.2 Å². The number of benzodiazepines with no additional fused rings is 1. The van der Waals surface area contributed by atoms with Gasteiger partial charge >= 0.3 is 6.09 Å². The third-order valence-corrected chi connectivity index (χ3v) is 8.51. The van der Waals surface area contributed by atoms with Crippen LogP contribution in [0.2, 0.25) is 0 Å². The Morgan fingerprint density at radius 1 is 0.902 bits per heavy atom. The molecule has 2 aliphatic heterocycles. The summed E-state index contributed by atoms with van der Waals surface area (Å²) in [6.07, 6.45) is 8.86. The number of nitrogens with one attached hydrogen (secondary N) is 1. The van der Waals surface area contributed by atoms with Crippen molar-refractivity contribution in [2.45, 2.75) is 83.9 Å². The topological polar surface area (TPSA) is 91.3 Å². The second kappa shape index (κ2) is 13.8. The van der Waals surface area contributed by atoms with E-state index in [0.29, 0.717) is 13.1 Å². The zero-order chi connectivity index (χ0) is 28.6. The third kappa shape index (κ3) is 7.16. The predicted molar refractivity (Wildman–Crippen MR) is 160 cm³/mol. The van der Waals surface area contributed by atoms with E-state index >= 15 is 0 Å². The minimum atomic E-state index is -1.18. The number of amides is 3. The van der Waals surface area contributed by atoms with Crippen molar-refractivity contribution in [3.8, 4) is 0 Å². The highest BCUT2D eigenvalue weighted by atomic mass is 16.5. The Morgan fingerprint density at radius 3 is 2.32 bits per heavy atom. The minimum absolute atomic E-state index is 0.0685. The SMILES string of the molecule is Cc1cccc2c1N(CC(=O)N1CCCCCCC1)C(=O)[C@@H](NC(=O)OCc1ccccc1)N=C2C1CCCCC1. The van der Waals surface area contributed by atoms with Crippen LogP contribution in [0.1, 0.15) is 80.9 Å². The molecule has 1 N–H and O–H groups in total. The summed E-state index contributed by atoms with van der Waals surface area (Å²) in [6.45, 7) is 3.39. The lowest BCUT2D eigenvalue weighted by atomic mass is 9.82. The molecule has 1 saturated carbocycles. The zero-order valence-electron chi connectivity index (χ0n) is 24.1. The van der Waals surface area contributed by atoms with Crippen molar-refractivity contribution in [3.63, 3.8) is 0 Å². The molecule has 0 radical (unpaired) electrons. The second-order valence-corrected chi connectivity index (χ2v) is 11.5. The van der Waals surface area contributed by atoms with Gasteiger partial charge in [-0.05, 0) is 43.7 Å². The van der Waals surface area contributed by atoms with Crippen LogP contribution in [0.15, 0.2) is 53.5 Å². The largest absolute Gasteiger partial charge is 0.445 e. The number of nitrogens with zero attached hydrogens (tertiary/aromatic N) is 3. The number of carbonyl (C=O) groups excluding carboxylic acids is 3. The zero-order valence-corrected chi connectivity index (χ0v) is 24.1. The van der Waals surface area contributed by atoms with E-state index in [-0.39, 0.29) is 25.0 Å². The number of para-hydroxylation sites is 1. The van der Waals surface area contributed by atoms with Gasteiger partial charge in [0.05, 0.1) is 11.4 Å². The molecule has 8 nitrogen and oxygen atoms in total. The standard InChI is InChI=1S/C33H42N4O4/c1-24-14-13-19-27-29(26-17-9-6-10-18-26)34-31(35-33(40)41-23-25-15-7-5-8-16-25)32(39)37(30(24)27)22-28(38)36-20-11-3-2-4-12-21-36/h5,7-8,13-16,19,26,31H,2-4,6,9-12,17-18,20-23H2,1H3,(H,35,40)/t31-/m1/s1. The number of alkyl carbamates (subject to hydrolysis) is 1. The maximum atomic E-state index is 14.2. The number of fused-ring (bicyclic) bond motifs is 1. The van der Waals surface area contributed by atoms with Gasteiger partial charge in [0, 0.05) is 24.6 Å². The first-order chi connectivity index (χ1) is 20.0. The first-order valence-corrected chi connectivity index (χ1v) is 15.3. The first kappa shape index (κ1) is 28.8. The molecule has 0 bridgehead atoms. The van der Waals surface area contributed by atoms with Crippen LogP contribution in [-0.2, 0) is 20.9 Å². The summed E-state index contributed by atoms with van der Waals surface area (Å²) in [5, 5.41) is 2.74. The molecule has 1 aliphatic carbocycles. The number of benzene rings is 2. The Bertz CT molecular complexity index is 1250. The molecule has 2 fully saturated rings. The Kier molecular flexibility index (Phi) is 9.70. The van der Waals surface area contributed by atoms with Crippen molar-refractivity contribution >= 4 is 29.3 Å². The van der Waals surface area contributed by atoms with E-state index in [2.05, 4.69) is 5.32 Å². The maximum Gasteiger partial charge on any atom is 0.409 e. The number of hydrogen-bond donors (Lipinski definition) is 1. The van der Waals surface area contributed by atoms with Gasteiger partial charge in [-0.3, -0.25) is 24.8 Å². The van der Waals surface area contributed by atoms with E-state index in [4.69, 9.17) is 9.73 Å². The summed E-state index contributed by atoms with van der Waals surface area (Å²) in [6, 6.07) is 15.4. The molecule has 8 heteroatoms. The first-order valence-electron chi connectivity index (χ1n) is 15.3. The van der Waals surface area contributed by atoms with E-state index in [1.54, 1.807) is 4.90 Å². The average Bonchev–Trinajstić information content (AvgIpc) is 3.08. The highest BCUT2D eigenvalue weighted by Gasteiger charge is 2.37. The van der Waals surface area contributed by atoms with E-state index in [1.165, 1.54) is 12.8 Å². The molecule has 2 heterocycles. The number of carbonyl (C=O) groups is 3. The van der Waals surface area contributed by atoms with Gasteiger partial charge in [0.25, 0.3) is 5.91 Å². The van der Waals surface area contributed by atoms with Gasteiger partial charge in [0.15, 0.2) is 0 Å². The molecule has 1 atom stereocenters. The van der Waals surface area contributed by atoms with Crippen molar-refractivity contribution in [1.82, 2.24) is 10.2 Å². The van der Waals surface area contributed by atoms with Gasteiger partial charge in [-0.15, -0.1) is 0 Å². The molecule has 3 aliphatic rings. The Hall–Kier alpha value is -3.68. The molecular weight excluding hydrogens is 516 g/mol. The van der Waals surface area contributed by atoms with Gasteiger partial charge in [-0.25, -0.2) is 4.79 Å². The average molecular weight is 559 g/mol. The van der Waals surface area contributed by atoms with E-state index in [0.717, 1.165) is 79.5 Å². The van der Waals surface area contributed by atoms with Crippen molar-refractivity contribution < 1.29 is 19.1 Å². The molecule has 218 valence electrons. The maximum absolute atomic E-state index is 14.2. The molecule has 0 aromatic heterocycles. The van der Waals surface area contributed by atoms with Crippen LogP contribution in [0.4, 0.5) is 10.5 Å². The summed E-state index contributed by atoms with van der Waals surface area (Å²) >= 11 is 0. The molecule has 5 rings (SSSR count). The molecule has 0 spiro atoms.